The van der Waals surface area contributed by atoms with Gasteiger partial charge in [0.2, 0.25) is 0 Å². The minimum absolute atomic E-state index is 0.107. The molecule has 1 aliphatic rings. The van der Waals surface area contributed by atoms with Crippen molar-refractivity contribution in [3.63, 3.8) is 0 Å². The lowest BCUT2D eigenvalue weighted by molar-refractivity contribution is -0.122. The summed E-state index contributed by atoms with van der Waals surface area (Å²) in [5, 5.41) is 4.89. The molecule has 2 aromatic carbocycles. The molecule has 26 heavy (non-hydrogen) atoms. The molecule has 1 aliphatic carbocycles. The van der Waals surface area contributed by atoms with Crippen molar-refractivity contribution in [2.75, 3.05) is 0 Å². The van der Waals surface area contributed by atoms with Gasteiger partial charge in [-0.15, -0.1) is 0 Å². The highest BCUT2D eigenvalue weighted by atomic mass is 16.1. The molecule has 0 amide bonds. The Hall–Kier alpha value is -2.68. The first kappa shape index (κ1) is 16.8. The molecule has 4 rings (SSSR count). The third-order valence-electron chi connectivity index (χ3n) is 5.18. The van der Waals surface area contributed by atoms with Gasteiger partial charge in [0.15, 0.2) is 5.78 Å². The fraction of sp³-hybridized carbons (Fsp3) is 0.304. The van der Waals surface area contributed by atoms with Crippen LogP contribution in [0, 0.1) is 0 Å². The molecule has 3 nitrogen and oxygen atoms in total. The normalized spacial score (nSPS) is 17.8. The minimum Gasteiger partial charge on any atom is -0.297 e. The average molecular weight is 344 g/mol. The maximum absolute atomic E-state index is 12.6. The van der Waals surface area contributed by atoms with Gasteiger partial charge in [-0.3, -0.25) is 9.48 Å². The molecule has 0 N–H and O–H groups in total. The molecular weight excluding hydrogens is 320 g/mol. The highest BCUT2D eigenvalue weighted by Crippen LogP contribution is 2.29. The van der Waals surface area contributed by atoms with Gasteiger partial charge in [-0.25, -0.2) is 0 Å². The van der Waals surface area contributed by atoms with E-state index in [1.807, 2.05) is 28.9 Å². The Kier molecular flexibility index (Phi) is 4.96. The molecule has 1 saturated carbocycles. The summed E-state index contributed by atoms with van der Waals surface area (Å²) in [5.74, 6) is 0.330. The lowest BCUT2D eigenvalue weighted by Crippen LogP contribution is -2.18. The largest absolute Gasteiger partial charge is 0.297 e. The summed E-state index contributed by atoms with van der Waals surface area (Å²) in [4.78, 5) is 12.6. The number of carbonyl (C=O) groups is 1. The number of rotatable bonds is 4. The summed E-state index contributed by atoms with van der Waals surface area (Å²) in [6.07, 6.45) is 7.77. The molecule has 0 spiro atoms. The van der Waals surface area contributed by atoms with Gasteiger partial charge in [0.05, 0.1) is 5.69 Å². The summed E-state index contributed by atoms with van der Waals surface area (Å²) >= 11 is 0. The van der Waals surface area contributed by atoms with E-state index in [1.165, 1.54) is 11.1 Å². The first-order valence-electron chi connectivity index (χ1n) is 9.51. The number of aromatic nitrogens is 2. The second kappa shape index (κ2) is 7.69. The quantitative estimate of drug-likeness (QED) is 0.609. The van der Waals surface area contributed by atoms with Crippen molar-refractivity contribution in [1.82, 2.24) is 9.78 Å². The fourth-order valence-electron chi connectivity index (χ4n) is 3.79. The zero-order valence-electron chi connectivity index (χ0n) is 15.0. The maximum atomic E-state index is 12.6. The third-order valence-corrected chi connectivity index (χ3v) is 5.18. The Bertz CT molecular complexity index is 868. The number of carbonyl (C=O) groups excluding carboxylic acids is 1. The molecular formula is C23H24N2O. The summed E-state index contributed by atoms with van der Waals surface area (Å²) in [5.41, 5.74) is 4.54. The monoisotopic (exact) mass is 344 g/mol. The van der Waals surface area contributed by atoms with E-state index in [4.69, 9.17) is 5.10 Å². The first-order valence-corrected chi connectivity index (χ1v) is 9.51. The van der Waals surface area contributed by atoms with Gasteiger partial charge in [-0.2, -0.15) is 5.10 Å². The molecule has 1 heterocycles. The van der Waals surface area contributed by atoms with Gasteiger partial charge in [0.1, 0.15) is 6.04 Å². The van der Waals surface area contributed by atoms with Crippen LogP contribution in [0.15, 0.2) is 66.9 Å². The molecule has 0 bridgehead atoms. The summed E-state index contributed by atoms with van der Waals surface area (Å²) in [7, 11) is 0. The number of hydrogen-bond acceptors (Lipinski definition) is 2. The second-order valence-corrected chi connectivity index (χ2v) is 7.09. The van der Waals surface area contributed by atoms with Crippen LogP contribution in [0.3, 0.4) is 0 Å². The van der Waals surface area contributed by atoms with E-state index in [1.54, 1.807) is 0 Å². The van der Waals surface area contributed by atoms with Crippen LogP contribution in [0.25, 0.3) is 11.3 Å². The Balaban J connectivity index is 1.73. The molecule has 1 fully saturated rings. The average Bonchev–Trinajstić information content (AvgIpc) is 2.96. The van der Waals surface area contributed by atoms with Crippen LogP contribution >= 0.6 is 0 Å². The lowest BCUT2D eigenvalue weighted by atomic mass is 10.0. The number of benzene rings is 2. The van der Waals surface area contributed by atoms with E-state index in [0.717, 1.165) is 43.4 Å². The second-order valence-electron chi connectivity index (χ2n) is 7.09. The summed E-state index contributed by atoms with van der Waals surface area (Å²) in [6, 6.07) is 20.6. The molecule has 0 saturated heterocycles. The van der Waals surface area contributed by atoms with Crippen molar-refractivity contribution in [3.8, 4) is 11.3 Å². The number of nitrogens with zero attached hydrogens (tertiary/aromatic N) is 2. The van der Waals surface area contributed by atoms with E-state index in [-0.39, 0.29) is 6.04 Å². The van der Waals surface area contributed by atoms with Gasteiger partial charge >= 0.3 is 0 Å². The Morgan fingerprint density at radius 3 is 2.42 bits per heavy atom. The topological polar surface area (TPSA) is 34.9 Å². The predicted octanol–water partition coefficient (Wildman–Crippen LogP) is 5.22. The number of ketones is 1. The van der Waals surface area contributed by atoms with Crippen LogP contribution < -0.4 is 0 Å². The molecule has 1 aromatic heterocycles. The lowest BCUT2D eigenvalue weighted by Gasteiger charge is -2.13. The van der Waals surface area contributed by atoms with Gasteiger partial charge in [0.25, 0.3) is 0 Å². The molecule has 1 atom stereocenters. The van der Waals surface area contributed by atoms with E-state index in [2.05, 4.69) is 42.6 Å². The minimum atomic E-state index is -0.107. The molecule has 132 valence electrons. The van der Waals surface area contributed by atoms with Gasteiger partial charge in [-0.05, 0) is 18.4 Å². The molecule has 1 unspecified atom stereocenters. The summed E-state index contributed by atoms with van der Waals surface area (Å²) in [6.45, 7) is 0. The van der Waals surface area contributed by atoms with Gasteiger partial charge < -0.3 is 0 Å². The standard InChI is InChI=1S/C23H24N2O/c26-22-15-9-3-8-14-21(22)25-17-20(16-18-10-4-1-5-11-18)23(24-25)19-12-6-2-7-13-19/h1-2,4-7,10-13,17,21H,3,8-9,14-16H2. The van der Waals surface area contributed by atoms with E-state index >= 15 is 0 Å². The molecule has 3 heteroatoms. The highest BCUT2D eigenvalue weighted by molar-refractivity contribution is 5.82. The van der Waals surface area contributed by atoms with Crippen molar-refractivity contribution in [2.24, 2.45) is 0 Å². The highest BCUT2D eigenvalue weighted by Gasteiger charge is 2.24. The zero-order valence-corrected chi connectivity index (χ0v) is 15.0. The van der Waals surface area contributed by atoms with Crippen molar-refractivity contribution in [2.45, 2.75) is 44.6 Å². The van der Waals surface area contributed by atoms with Crippen LogP contribution in [0.5, 0.6) is 0 Å². The van der Waals surface area contributed by atoms with Crippen LogP contribution in [0.2, 0.25) is 0 Å². The van der Waals surface area contributed by atoms with Crippen molar-refractivity contribution in [3.05, 3.63) is 78.0 Å². The van der Waals surface area contributed by atoms with E-state index < -0.39 is 0 Å². The predicted molar refractivity (Wildman–Crippen MR) is 104 cm³/mol. The zero-order chi connectivity index (χ0) is 17.8. The van der Waals surface area contributed by atoms with Crippen molar-refractivity contribution in [1.29, 1.82) is 0 Å². The third kappa shape index (κ3) is 3.62. The van der Waals surface area contributed by atoms with Crippen LogP contribution in [0.4, 0.5) is 0 Å². The number of hydrogen-bond donors (Lipinski definition) is 0. The Labute approximate surface area is 154 Å². The van der Waals surface area contributed by atoms with E-state index in [9.17, 15) is 4.79 Å². The van der Waals surface area contributed by atoms with Crippen LogP contribution in [-0.2, 0) is 11.2 Å². The summed E-state index contributed by atoms with van der Waals surface area (Å²) < 4.78 is 1.94. The van der Waals surface area contributed by atoms with Crippen LogP contribution in [-0.4, -0.2) is 15.6 Å². The van der Waals surface area contributed by atoms with E-state index in [0.29, 0.717) is 12.2 Å². The van der Waals surface area contributed by atoms with Gasteiger partial charge in [0, 0.05) is 30.2 Å². The Morgan fingerprint density at radius 1 is 0.923 bits per heavy atom. The smallest absolute Gasteiger partial charge is 0.157 e. The number of Topliss-reactive ketones (excluding diaryl/α,β-unsaturated/α-hetero) is 1. The Morgan fingerprint density at radius 2 is 1.65 bits per heavy atom. The maximum Gasteiger partial charge on any atom is 0.157 e. The first-order chi connectivity index (χ1) is 12.8. The SMILES string of the molecule is O=C1CCCCCC1n1cc(Cc2ccccc2)c(-c2ccccc2)n1. The molecule has 3 aromatic rings. The van der Waals surface area contributed by atoms with Gasteiger partial charge in [-0.1, -0.05) is 73.5 Å². The van der Waals surface area contributed by atoms with Crippen molar-refractivity contribution < 1.29 is 4.79 Å². The molecule has 0 radical (unpaired) electrons. The fourth-order valence-corrected chi connectivity index (χ4v) is 3.79. The van der Waals surface area contributed by atoms with Crippen molar-refractivity contribution >= 4 is 5.78 Å². The molecule has 0 aliphatic heterocycles. The van der Waals surface area contributed by atoms with Crippen LogP contribution in [0.1, 0.15) is 49.3 Å².